The van der Waals surface area contributed by atoms with Crippen LogP contribution in [0.1, 0.15) is 43.3 Å². The lowest BCUT2D eigenvalue weighted by molar-refractivity contribution is 0.0868. The molecule has 118 valence electrons. The smallest absolute Gasteiger partial charge is 0.329 e. The van der Waals surface area contributed by atoms with Gasteiger partial charge >= 0.3 is 5.69 Å². The van der Waals surface area contributed by atoms with Crippen LogP contribution in [-0.4, -0.2) is 21.6 Å². The van der Waals surface area contributed by atoms with Gasteiger partial charge in [0.1, 0.15) is 0 Å². The Hall–Kier alpha value is -1.88. The number of rotatable bonds is 4. The van der Waals surface area contributed by atoms with Crippen LogP contribution in [0.5, 0.6) is 0 Å². The van der Waals surface area contributed by atoms with Gasteiger partial charge < -0.3 is 5.73 Å². The van der Waals surface area contributed by atoms with Gasteiger partial charge in [0.25, 0.3) is 0 Å². The van der Waals surface area contributed by atoms with E-state index in [-0.39, 0.29) is 11.6 Å². The summed E-state index contributed by atoms with van der Waals surface area (Å²) in [7, 11) is 0. The van der Waals surface area contributed by atoms with Gasteiger partial charge in [0.2, 0.25) is 5.91 Å². The third kappa shape index (κ3) is 2.73. The molecule has 5 heteroatoms. The predicted octanol–water partition coefficient (Wildman–Crippen LogP) is 2.37. The van der Waals surface area contributed by atoms with Crippen molar-refractivity contribution in [2.45, 2.75) is 45.1 Å². The molecule has 5 nitrogen and oxygen atoms in total. The summed E-state index contributed by atoms with van der Waals surface area (Å²) in [6.45, 7) is 0.813. The zero-order chi connectivity index (χ0) is 15.5. The third-order valence-electron chi connectivity index (χ3n) is 4.63. The maximum absolute atomic E-state index is 12.7. The van der Waals surface area contributed by atoms with E-state index in [0.29, 0.717) is 30.9 Å². The Morgan fingerprint density at radius 1 is 1.14 bits per heavy atom. The number of hydrogen-bond donors (Lipinski definition) is 1. The lowest BCUT2D eigenvalue weighted by atomic mass is 9.87. The topological polar surface area (TPSA) is 70.0 Å². The Morgan fingerprint density at radius 3 is 2.50 bits per heavy atom. The summed E-state index contributed by atoms with van der Waals surface area (Å²) in [4.78, 5) is 25.3. The first-order chi connectivity index (χ1) is 10.7. The van der Waals surface area contributed by atoms with Gasteiger partial charge in [-0.15, -0.1) is 0 Å². The summed E-state index contributed by atoms with van der Waals surface area (Å²) in [6, 6.07) is 7.45. The minimum absolute atomic E-state index is 0.0797. The van der Waals surface area contributed by atoms with Crippen molar-refractivity contribution in [1.82, 2.24) is 9.13 Å². The van der Waals surface area contributed by atoms with E-state index < -0.39 is 0 Å². The predicted molar refractivity (Wildman–Crippen MR) is 87.1 cm³/mol. The number of nitrogens with zero attached hydrogens (tertiary/aromatic N) is 2. The summed E-state index contributed by atoms with van der Waals surface area (Å²) >= 11 is 0. The van der Waals surface area contributed by atoms with Crippen molar-refractivity contribution in [3.8, 4) is 0 Å². The Bertz CT molecular complexity index is 723. The van der Waals surface area contributed by atoms with Crippen LogP contribution in [-0.2, 0) is 6.54 Å². The van der Waals surface area contributed by atoms with Crippen LogP contribution in [0.3, 0.4) is 0 Å². The van der Waals surface area contributed by atoms with Gasteiger partial charge in [0.15, 0.2) is 0 Å². The molecule has 2 aromatic rings. The fraction of sp³-hybridized carbons (Fsp3) is 0.529. The molecule has 1 aliphatic rings. The molecule has 0 radical (unpaired) electrons. The average molecular weight is 301 g/mol. The van der Waals surface area contributed by atoms with E-state index in [1.54, 1.807) is 4.57 Å². The second-order valence-corrected chi connectivity index (χ2v) is 6.15. The largest absolute Gasteiger partial charge is 0.336 e. The molecule has 0 atom stereocenters. The first-order valence-electron chi connectivity index (χ1n) is 8.16. The normalized spacial score (nSPS) is 16.2. The zero-order valence-electron chi connectivity index (χ0n) is 12.8. The molecule has 1 aromatic carbocycles. The van der Waals surface area contributed by atoms with Gasteiger partial charge in [-0.25, -0.2) is 9.36 Å². The van der Waals surface area contributed by atoms with Crippen molar-refractivity contribution in [2.24, 2.45) is 11.7 Å². The molecule has 0 bridgehead atoms. The number of carbonyl (C=O) groups is 1. The Labute approximate surface area is 129 Å². The van der Waals surface area contributed by atoms with Gasteiger partial charge in [0, 0.05) is 19.5 Å². The van der Waals surface area contributed by atoms with Crippen LogP contribution in [0.15, 0.2) is 29.1 Å². The van der Waals surface area contributed by atoms with E-state index in [2.05, 4.69) is 0 Å². The molecule has 0 amide bonds. The van der Waals surface area contributed by atoms with E-state index in [9.17, 15) is 9.59 Å². The van der Waals surface area contributed by atoms with Gasteiger partial charge in [-0.3, -0.25) is 9.36 Å². The lowest BCUT2D eigenvalue weighted by Crippen LogP contribution is -2.31. The van der Waals surface area contributed by atoms with Crippen molar-refractivity contribution in [3.63, 3.8) is 0 Å². The number of hydrogen-bond acceptors (Lipinski definition) is 3. The Morgan fingerprint density at radius 2 is 1.82 bits per heavy atom. The minimum atomic E-state index is -0.257. The van der Waals surface area contributed by atoms with Gasteiger partial charge in [-0.05, 0) is 30.9 Å². The maximum Gasteiger partial charge on any atom is 0.336 e. The molecule has 0 spiro atoms. The second kappa shape index (κ2) is 6.48. The molecule has 1 heterocycles. The molecule has 1 aliphatic carbocycles. The second-order valence-electron chi connectivity index (χ2n) is 6.15. The summed E-state index contributed by atoms with van der Waals surface area (Å²) in [5, 5.41) is 0. The van der Waals surface area contributed by atoms with Gasteiger partial charge in [-0.2, -0.15) is 0 Å². The summed E-state index contributed by atoms with van der Waals surface area (Å²) in [5.74, 6) is 0.341. The standard InChI is InChI=1S/C17H23N3O2/c18-10-11-19-14-8-4-5-9-15(14)20(17(19)22)16(21)12-13-6-2-1-3-7-13/h4-5,8-9,13H,1-3,6-7,10-12,18H2. The molecular formula is C17H23N3O2. The molecule has 3 rings (SSSR count). The highest BCUT2D eigenvalue weighted by Gasteiger charge is 2.22. The number of nitrogens with two attached hydrogens (primary N) is 1. The molecule has 22 heavy (non-hydrogen) atoms. The molecule has 1 saturated carbocycles. The van der Waals surface area contributed by atoms with E-state index in [4.69, 9.17) is 5.73 Å². The van der Waals surface area contributed by atoms with Crippen LogP contribution in [0.4, 0.5) is 0 Å². The molecule has 1 aromatic heterocycles. The van der Waals surface area contributed by atoms with Crippen molar-refractivity contribution in [2.75, 3.05) is 6.54 Å². The van der Waals surface area contributed by atoms with E-state index >= 15 is 0 Å². The molecular weight excluding hydrogens is 278 g/mol. The molecule has 2 N–H and O–H groups in total. The Balaban J connectivity index is 1.97. The fourth-order valence-electron chi connectivity index (χ4n) is 3.52. The summed E-state index contributed by atoms with van der Waals surface area (Å²) in [6.07, 6.45) is 6.32. The highest BCUT2D eigenvalue weighted by Crippen LogP contribution is 2.27. The average Bonchev–Trinajstić information content (AvgIpc) is 2.81. The van der Waals surface area contributed by atoms with Crippen LogP contribution >= 0.6 is 0 Å². The SMILES string of the molecule is NCCn1c(=O)n(C(=O)CC2CCCCC2)c2ccccc21. The third-order valence-corrected chi connectivity index (χ3v) is 4.63. The van der Waals surface area contributed by atoms with Crippen LogP contribution < -0.4 is 11.4 Å². The zero-order valence-corrected chi connectivity index (χ0v) is 12.8. The van der Waals surface area contributed by atoms with Crippen molar-refractivity contribution >= 4 is 16.9 Å². The molecule has 1 fully saturated rings. The lowest BCUT2D eigenvalue weighted by Gasteiger charge is -2.20. The van der Waals surface area contributed by atoms with Gasteiger partial charge in [-0.1, -0.05) is 31.4 Å². The van der Waals surface area contributed by atoms with Crippen molar-refractivity contribution < 1.29 is 4.79 Å². The highest BCUT2D eigenvalue weighted by molar-refractivity contribution is 5.90. The number of benzene rings is 1. The fourth-order valence-corrected chi connectivity index (χ4v) is 3.52. The Kier molecular flexibility index (Phi) is 4.43. The van der Waals surface area contributed by atoms with Crippen LogP contribution in [0.25, 0.3) is 11.0 Å². The van der Waals surface area contributed by atoms with E-state index in [1.807, 2.05) is 24.3 Å². The molecule has 0 aliphatic heterocycles. The van der Waals surface area contributed by atoms with Crippen molar-refractivity contribution in [1.29, 1.82) is 0 Å². The number of fused-ring (bicyclic) bond motifs is 1. The van der Waals surface area contributed by atoms with Crippen molar-refractivity contribution in [3.05, 3.63) is 34.7 Å². The first-order valence-corrected chi connectivity index (χ1v) is 8.16. The monoisotopic (exact) mass is 301 g/mol. The number of para-hydroxylation sites is 2. The quantitative estimate of drug-likeness (QED) is 0.942. The first kappa shape index (κ1) is 15.0. The number of carbonyl (C=O) groups excluding carboxylic acids is 1. The minimum Gasteiger partial charge on any atom is -0.329 e. The highest BCUT2D eigenvalue weighted by atomic mass is 16.2. The maximum atomic E-state index is 12.7. The van der Waals surface area contributed by atoms with Crippen LogP contribution in [0.2, 0.25) is 0 Å². The number of imidazole rings is 1. The van der Waals surface area contributed by atoms with Crippen LogP contribution in [0, 0.1) is 5.92 Å². The van der Waals surface area contributed by atoms with Gasteiger partial charge in [0.05, 0.1) is 11.0 Å². The molecule has 0 saturated heterocycles. The summed E-state index contributed by atoms with van der Waals surface area (Å²) < 4.78 is 2.95. The molecule has 0 unspecified atom stereocenters. The van der Waals surface area contributed by atoms with E-state index in [1.165, 1.54) is 23.8 Å². The number of aromatic nitrogens is 2. The van der Waals surface area contributed by atoms with E-state index in [0.717, 1.165) is 18.4 Å². The summed E-state index contributed by atoms with van der Waals surface area (Å²) in [5.41, 5.74) is 6.83.